The van der Waals surface area contributed by atoms with Gasteiger partial charge in [-0.15, -0.1) is 0 Å². The second-order valence-electron chi connectivity index (χ2n) is 6.28. The zero-order valence-corrected chi connectivity index (χ0v) is 16.5. The van der Waals surface area contributed by atoms with Crippen LogP contribution in [-0.4, -0.2) is 30.8 Å². The van der Waals surface area contributed by atoms with Crippen LogP contribution < -0.4 is 10.2 Å². The first-order valence-corrected chi connectivity index (χ1v) is 9.42. The van der Waals surface area contributed by atoms with Crippen molar-refractivity contribution in [3.63, 3.8) is 0 Å². The quantitative estimate of drug-likeness (QED) is 0.348. The van der Waals surface area contributed by atoms with Crippen molar-refractivity contribution in [1.82, 2.24) is 5.43 Å². The molecule has 7 heteroatoms. The number of hydrogen-bond acceptors (Lipinski definition) is 6. The lowest BCUT2D eigenvalue weighted by atomic mass is 10.0. The Kier molecular flexibility index (Phi) is 7.50. The van der Waals surface area contributed by atoms with Gasteiger partial charge in [-0.3, -0.25) is 4.79 Å². The molecule has 0 heterocycles. The molecule has 31 heavy (non-hydrogen) atoms. The van der Waals surface area contributed by atoms with Gasteiger partial charge in [0.25, 0.3) is 5.91 Å². The highest BCUT2D eigenvalue weighted by atomic mass is 16.6. The minimum Gasteiger partial charge on any atom is -0.481 e. The summed E-state index contributed by atoms with van der Waals surface area (Å²) >= 11 is 0. The zero-order chi connectivity index (χ0) is 21.9. The Labute approximate surface area is 179 Å². The molecule has 0 aliphatic carbocycles. The normalized spacial score (nSPS) is 9.77. The van der Waals surface area contributed by atoms with Crippen molar-refractivity contribution >= 4 is 17.6 Å². The number of hydrogen-bond donors (Lipinski definition) is 1. The largest absolute Gasteiger partial charge is 0.481 e. The summed E-state index contributed by atoms with van der Waals surface area (Å²) in [7, 11) is 0. The van der Waals surface area contributed by atoms with Gasteiger partial charge >= 0.3 is 5.97 Å². The molecule has 0 saturated carbocycles. The third-order valence-corrected chi connectivity index (χ3v) is 4.10. The molecule has 7 nitrogen and oxygen atoms in total. The smallest absolute Gasteiger partial charge is 0.344 e. The maximum atomic E-state index is 12.1. The topological polar surface area (TPSA) is 101 Å². The van der Waals surface area contributed by atoms with E-state index in [2.05, 4.69) is 10.5 Å². The van der Waals surface area contributed by atoms with Crippen molar-refractivity contribution in [2.45, 2.75) is 0 Å². The number of nitrogens with one attached hydrogen (secondary N) is 1. The van der Waals surface area contributed by atoms with E-state index in [1.165, 1.54) is 0 Å². The molecular formula is C24H19N3O4. The molecule has 3 aromatic carbocycles. The number of benzene rings is 3. The van der Waals surface area contributed by atoms with Crippen molar-refractivity contribution in [1.29, 1.82) is 5.26 Å². The van der Waals surface area contributed by atoms with E-state index >= 15 is 0 Å². The number of carbonyl (C=O) groups is 2. The van der Waals surface area contributed by atoms with Gasteiger partial charge in [0.05, 0.1) is 11.3 Å². The Morgan fingerprint density at radius 1 is 0.839 bits per heavy atom. The van der Waals surface area contributed by atoms with Gasteiger partial charge in [-0.1, -0.05) is 72.8 Å². The third-order valence-electron chi connectivity index (χ3n) is 4.10. The van der Waals surface area contributed by atoms with Crippen LogP contribution in [0.2, 0.25) is 0 Å². The Balaban J connectivity index is 1.56. The zero-order valence-electron chi connectivity index (χ0n) is 16.5. The van der Waals surface area contributed by atoms with E-state index in [4.69, 9.17) is 14.7 Å². The lowest BCUT2D eigenvalue weighted by molar-refractivity contribution is -0.150. The minimum absolute atomic E-state index is 0.270. The van der Waals surface area contributed by atoms with Gasteiger partial charge in [0.2, 0.25) is 0 Å². The first kappa shape index (κ1) is 21.3. The summed E-state index contributed by atoms with van der Waals surface area (Å²) in [6.45, 7) is -0.934. The first-order valence-electron chi connectivity index (χ1n) is 9.42. The van der Waals surface area contributed by atoms with Crippen LogP contribution in [0.5, 0.6) is 5.75 Å². The fourth-order valence-electron chi connectivity index (χ4n) is 2.65. The summed E-state index contributed by atoms with van der Waals surface area (Å²) < 4.78 is 10.2. The molecule has 1 N–H and O–H groups in total. The van der Waals surface area contributed by atoms with Crippen LogP contribution in [0.3, 0.4) is 0 Å². The maximum absolute atomic E-state index is 12.1. The fourth-order valence-corrected chi connectivity index (χ4v) is 2.65. The number of esters is 1. The Morgan fingerprint density at radius 3 is 2.03 bits per heavy atom. The van der Waals surface area contributed by atoms with E-state index in [1.54, 1.807) is 24.3 Å². The fraction of sp³-hybridized carbons (Fsp3) is 0.0833. The molecule has 3 rings (SSSR count). The number of amides is 1. The molecule has 0 radical (unpaired) electrons. The van der Waals surface area contributed by atoms with Crippen LogP contribution in [0.25, 0.3) is 0 Å². The van der Waals surface area contributed by atoms with Crippen LogP contribution in [0, 0.1) is 11.3 Å². The molecule has 0 aliphatic heterocycles. The van der Waals surface area contributed by atoms with Crippen LogP contribution in [0.1, 0.15) is 16.7 Å². The summed E-state index contributed by atoms with van der Waals surface area (Å²) in [6.07, 6.45) is 0. The van der Waals surface area contributed by atoms with Gasteiger partial charge < -0.3 is 9.47 Å². The molecular weight excluding hydrogens is 394 g/mol. The van der Waals surface area contributed by atoms with Crippen LogP contribution >= 0.6 is 0 Å². The van der Waals surface area contributed by atoms with Gasteiger partial charge in [0.15, 0.2) is 13.2 Å². The third kappa shape index (κ3) is 6.27. The molecule has 0 aliphatic rings. The van der Waals surface area contributed by atoms with Crippen molar-refractivity contribution in [3.8, 4) is 11.8 Å². The highest BCUT2D eigenvalue weighted by Gasteiger charge is 2.11. The van der Waals surface area contributed by atoms with Gasteiger partial charge in [-0.05, 0) is 12.1 Å². The average molecular weight is 413 g/mol. The molecule has 3 aromatic rings. The average Bonchev–Trinajstić information content (AvgIpc) is 2.83. The minimum atomic E-state index is -0.738. The van der Waals surface area contributed by atoms with Crippen LogP contribution in [0.4, 0.5) is 0 Å². The summed E-state index contributed by atoms with van der Waals surface area (Å²) in [5.41, 5.74) is 4.96. The highest BCUT2D eigenvalue weighted by Crippen LogP contribution is 2.16. The summed E-state index contributed by atoms with van der Waals surface area (Å²) in [5, 5.41) is 13.2. The van der Waals surface area contributed by atoms with Crippen LogP contribution in [-0.2, 0) is 14.3 Å². The van der Waals surface area contributed by atoms with E-state index in [1.807, 2.05) is 66.7 Å². The number of ether oxygens (including phenoxy) is 2. The monoisotopic (exact) mass is 413 g/mol. The lowest BCUT2D eigenvalue weighted by Crippen LogP contribution is -2.27. The maximum Gasteiger partial charge on any atom is 0.344 e. The lowest BCUT2D eigenvalue weighted by Gasteiger charge is -2.09. The predicted molar refractivity (Wildman–Crippen MR) is 114 cm³/mol. The molecule has 1 amide bonds. The van der Waals surface area contributed by atoms with E-state index < -0.39 is 25.1 Å². The van der Waals surface area contributed by atoms with Crippen molar-refractivity contribution in [2.24, 2.45) is 5.10 Å². The van der Waals surface area contributed by atoms with Gasteiger partial charge in [0, 0.05) is 11.1 Å². The molecule has 154 valence electrons. The van der Waals surface area contributed by atoms with Crippen molar-refractivity contribution in [2.75, 3.05) is 13.2 Å². The van der Waals surface area contributed by atoms with E-state index in [-0.39, 0.29) is 5.75 Å². The second kappa shape index (κ2) is 10.9. The number of nitriles is 1. The van der Waals surface area contributed by atoms with Gasteiger partial charge in [0.1, 0.15) is 11.8 Å². The molecule has 0 bridgehead atoms. The first-order chi connectivity index (χ1) is 15.2. The molecule has 0 fully saturated rings. The number of carbonyl (C=O) groups excluding carboxylic acids is 2. The summed E-state index contributed by atoms with van der Waals surface area (Å²) in [5.74, 6) is -1.06. The van der Waals surface area contributed by atoms with Gasteiger partial charge in [-0.2, -0.15) is 10.4 Å². The summed E-state index contributed by atoms with van der Waals surface area (Å²) in [4.78, 5) is 24.0. The van der Waals surface area contributed by atoms with E-state index in [9.17, 15) is 9.59 Å². The number of rotatable bonds is 8. The Morgan fingerprint density at radius 2 is 1.42 bits per heavy atom. The number of nitrogens with zero attached hydrogens (tertiary/aromatic N) is 2. The summed E-state index contributed by atoms with van der Waals surface area (Å²) in [6, 6.07) is 27.3. The second-order valence-corrected chi connectivity index (χ2v) is 6.28. The van der Waals surface area contributed by atoms with Crippen molar-refractivity contribution < 1.29 is 19.1 Å². The van der Waals surface area contributed by atoms with Gasteiger partial charge in [-0.25, -0.2) is 10.2 Å². The Bertz CT molecular complexity index is 1060. The van der Waals surface area contributed by atoms with Crippen molar-refractivity contribution in [3.05, 3.63) is 102 Å². The predicted octanol–water partition coefficient (Wildman–Crippen LogP) is 3.05. The van der Waals surface area contributed by atoms with E-state index in [0.717, 1.165) is 11.1 Å². The molecule has 0 saturated heterocycles. The standard InChI is InChI=1S/C24H19N3O4/c25-15-20-13-7-8-14-21(20)30-17-23(29)31-16-22(28)26-27-24(18-9-3-1-4-10-18)19-11-5-2-6-12-19/h1-14H,16-17H2,(H,26,28). The highest BCUT2D eigenvalue weighted by molar-refractivity contribution is 6.13. The SMILES string of the molecule is N#Cc1ccccc1OCC(=O)OCC(=O)NN=C(c1ccccc1)c1ccccc1. The molecule has 0 atom stereocenters. The molecule has 0 aromatic heterocycles. The molecule has 0 unspecified atom stereocenters. The van der Waals surface area contributed by atoms with E-state index in [0.29, 0.717) is 11.3 Å². The Hall–Kier alpha value is -4.44. The number of hydrazone groups is 1. The number of para-hydroxylation sites is 1. The van der Waals surface area contributed by atoms with Crippen LogP contribution in [0.15, 0.2) is 90.0 Å². The molecule has 0 spiro atoms.